The molecule has 0 fully saturated rings. The van der Waals surface area contributed by atoms with E-state index in [9.17, 15) is 9.59 Å². The van der Waals surface area contributed by atoms with E-state index >= 15 is 0 Å². The van der Waals surface area contributed by atoms with Gasteiger partial charge in [0.2, 0.25) is 11.8 Å². The number of nitrogens with zero attached hydrogens (tertiary/aromatic N) is 1. The summed E-state index contributed by atoms with van der Waals surface area (Å²) in [4.78, 5) is 25.9. The first kappa shape index (κ1) is 17.9. The van der Waals surface area contributed by atoms with Crippen LogP contribution in [-0.4, -0.2) is 18.4 Å². The van der Waals surface area contributed by atoms with E-state index in [1.807, 2.05) is 35.2 Å². The van der Waals surface area contributed by atoms with Gasteiger partial charge in [-0.15, -0.1) is 0 Å². The Labute approximate surface area is 154 Å². The average molecular weight is 348 g/mol. The van der Waals surface area contributed by atoms with Crippen LogP contribution in [0.15, 0.2) is 48.5 Å². The van der Waals surface area contributed by atoms with E-state index in [0.717, 1.165) is 28.8 Å². The number of hydrogen-bond acceptors (Lipinski definition) is 2. The fourth-order valence-corrected chi connectivity index (χ4v) is 3.32. The summed E-state index contributed by atoms with van der Waals surface area (Å²) >= 11 is 0. The number of carbonyl (C=O) groups is 2. The van der Waals surface area contributed by atoms with Crippen molar-refractivity contribution in [2.45, 2.75) is 33.2 Å². The molecule has 0 atom stereocenters. The van der Waals surface area contributed by atoms with Gasteiger partial charge in [0.25, 0.3) is 0 Å². The summed E-state index contributed by atoms with van der Waals surface area (Å²) in [5, 5.41) is 2.71. The van der Waals surface area contributed by atoms with Gasteiger partial charge in [0.05, 0.1) is 12.2 Å². The van der Waals surface area contributed by atoms with Crippen LogP contribution in [0, 0.1) is 0 Å². The van der Waals surface area contributed by atoms with Crippen LogP contribution in [-0.2, 0) is 16.1 Å². The lowest BCUT2D eigenvalue weighted by molar-refractivity contribution is -0.120. The predicted octanol–water partition coefficient (Wildman–Crippen LogP) is 4.01. The highest BCUT2D eigenvalue weighted by molar-refractivity contribution is 5.99. The molecule has 134 valence electrons. The number of allylic oxidation sites excluding steroid dienone is 1. The molecule has 1 aliphatic rings. The molecule has 1 N–H and O–H groups in total. The first-order valence-electron chi connectivity index (χ1n) is 9.03. The number of carbonyl (C=O) groups excluding carboxylic acids is 2. The Morgan fingerprint density at radius 1 is 1.08 bits per heavy atom. The zero-order chi connectivity index (χ0) is 18.5. The highest BCUT2D eigenvalue weighted by atomic mass is 16.2. The number of rotatable bonds is 4. The van der Waals surface area contributed by atoms with E-state index in [-0.39, 0.29) is 18.2 Å². The molecule has 2 amide bonds. The second-order valence-corrected chi connectivity index (χ2v) is 6.45. The van der Waals surface area contributed by atoms with E-state index < -0.39 is 0 Å². The maximum Gasteiger partial charge on any atom is 0.229 e. The van der Waals surface area contributed by atoms with Crippen molar-refractivity contribution in [1.82, 2.24) is 5.32 Å². The second kappa shape index (κ2) is 8.00. The van der Waals surface area contributed by atoms with E-state index in [0.29, 0.717) is 13.1 Å². The van der Waals surface area contributed by atoms with Crippen LogP contribution in [0.1, 0.15) is 43.4 Å². The Balaban J connectivity index is 2.03. The first-order valence-corrected chi connectivity index (χ1v) is 9.03. The normalized spacial score (nSPS) is 13.0. The molecular weight excluding hydrogens is 324 g/mol. The SMILES string of the molecule is CCC1=Cc2ccccc2CN(C(=O)CCNC(C)=O)c2ccccc21. The summed E-state index contributed by atoms with van der Waals surface area (Å²) in [6.45, 7) is 4.48. The van der Waals surface area contributed by atoms with Crippen molar-refractivity contribution in [2.24, 2.45) is 0 Å². The molecule has 0 aliphatic carbocycles. The highest BCUT2D eigenvalue weighted by Gasteiger charge is 2.22. The minimum absolute atomic E-state index is 0.0124. The van der Waals surface area contributed by atoms with E-state index in [4.69, 9.17) is 0 Å². The summed E-state index contributed by atoms with van der Waals surface area (Å²) < 4.78 is 0. The molecule has 0 spiro atoms. The largest absolute Gasteiger partial charge is 0.356 e. The monoisotopic (exact) mass is 348 g/mol. The van der Waals surface area contributed by atoms with Crippen LogP contribution >= 0.6 is 0 Å². The van der Waals surface area contributed by atoms with Gasteiger partial charge in [-0.05, 0) is 29.2 Å². The summed E-state index contributed by atoms with van der Waals surface area (Å²) in [6.07, 6.45) is 3.40. The first-order chi connectivity index (χ1) is 12.6. The quantitative estimate of drug-likeness (QED) is 0.907. The lowest BCUT2D eigenvalue weighted by Gasteiger charge is -2.29. The van der Waals surface area contributed by atoms with Gasteiger partial charge in [-0.2, -0.15) is 0 Å². The third-order valence-electron chi connectivity index (χ3n) is 4.65. The van der Waals surface area contributed by atoms with Gasteiger partial charge in [0.1, 0.15) is 0 Å². The summed E-state index contributed by atoms with van der Waals surface area (Å²) in [7, 11) is 0. The molecule has 1 heterocycles. The molecule has 3 rings (SSSR count). The number of para-hydroxylation sites is 1. The van der Waals surface area contributed by atoms with Crippen LogP contribution in [0.2, 0.25) is 0 Å². The number of benzene rings is 2. The van der Waals surface area contributed by atoms with Crippen LogP contribution in [0.3, 0.4) is 0 Å². The van der Waals surface area contributed by atoms with Crippen molar-refractivity contribution >= 4 is 29.2 Å². The number of fused-ring (bicyclic) bond motifs is 2. The summed E-state index contributed by atoms with van der Waals surface area (Å²) in [5.74, 6) is -0.106. The molecule has 0 unspecified atom stereocenters. The second-order valence-electron chi connectivity index (χ2n) is 6.45. The number of hydrogen-bond donors (Lipinski definition) is 1. The molecule has 1 aliphatic heterocycles. The number of anilines is 1. The van der Waals surface area contributed by atoms with Crippen LogP contribution in [0.25, 0.3) is 11.6 Å². The Morgan fingerprint density at radius 3 is 2.58 bits per heavy atom. The van der Waals surface area contributed by atoms with Crippen LogP contribution in [0.5, 0.6) is 0 Å². The van der Waals surface area contributed by atoms with Crippen molar-refractivity contribution < 1.29 is 9.59 Å². The zero-order valence-corrected chi connectivity index (χ0v) is 15.3. The van der Waals surface area contributed by atoms with E-state index in [2.05, 4.69) is 36.5 Å². The Hall–Kier alpha value is -2.88. The minimum atomic E-state index is -0.118. The third-order valence-corrected chi connectivity index (χ3v) is 4.65. The van der Waals surface area contributed by atoms with E-state index in [1.54, 1.807) is 0 Å². The summed E-state index contributed by atoms with van der Waals surface area (Å²) in [5.41, 5.74) is 5.52. The molecule has 2 aromatic rings. The number of nitrogens with one attached hydrogen (secondary N) is 1. The smallest absolute Gasteiger partial charge is 0.229 e. The van der Waals surface area contributed by atoms with Crippen molar-refractivity contribution in [3.8, 4) is 0 Å². The van der Waals surface area contributed by atoms with Crippen LogP contribution < -0.4 is 10.2 Å². The standard InChI is InChI=1S/C22H24N2O2/c1-3-17-14-18-8-4-5-9-19(18)15-24(21-11-7-6-10-20(17)21)22(26)12-13-23-16(2)25/h4-11,14H,3,12-13,15H2,1-2H3,(H,23,25). The van der Waals surface area contributed by atoms with Gasteiger partial charge in [-0.3, -0.25) is 9.59 Å². The molecule has 0 saturated carbocycles. The Morgan fingerprint density at radius 2 is 1.81 bits per heavy atom. The number of amides is 2. The molecule has 0 bridgehead atoms. The van der Waals surface area contributed by atoms with Crippen molar-refractivity contribution in [3.05, 3.63) is 65.2 Å². The molecule has 0 saturated heterocycles. The topological polar surface area (TPSA) is 49.4 Å². The molecule has 0 aromatic heterocycles. The summed E-state index contributed by atoms with van der Waals surface area (Å²) in [6, 6.07) is 16.3. The molecule has 26 heavy (non-hydrogen) atoms. The maximum atomic E-state index is 13.0. The van der Waals surface area contributed by atoms with Gasteiger partial charge in [-0.1, -0.05) is 55.5 Å². The predicted molar refractivity (Wildman–Crippen MR) is 106 cm³/mol. The molecule has 4 heteroatoms. The molecule has 2 aromatic carbocycles. The Kier molecular flexibility index (Phi) is 5.52. The van der Waals surface area contributed by atoms with Gasteiger partial charge >= 0.3 is 0 Å². The van der Waals surface area contributed by atoms with Gasteiger partial charge in [0, 0.05) is 25.5 Å². The van der Waals surface area contributed by atoms with Crippen molar-refractivity contribution in [2.75, 3.05) is 11.4 Å². The van der Waals surface area contributed by atoms with Gasteiger partial charge < -0.3 is 10.2 Å². The zero-order valence-electron chi connectivity index (χ0n) is 15.3. The Bertz CT molecular complexity index is 855. The van der Waals surface area contributed by atoms with Gasteiger partial charge in [0.15, 0.2) is 0 Å². The average Bonchev–Trinajstić information content (AvgIpc) is 2.63. The van der Waals surface area contributed by atoms with Gasteiger partial charge in [-0.25, -0.2) is 0 Å². The van der Waals surface area contributed by atoms with E-state index in [1.165, 1.54) is 12.5 Å². The highest BCUT2D eigenvalue weighted by Crippen LogP contribution is 2.35. The van der Waals surface area contributed by atoms with Crippen molar-refractivity contribution in [3.63, 3.8) is 0 Å². The minimum Gasteiger partial charge on any atom is -0.356 e. The fraction of sp³-hybridized carbons (Fsp3) is 0.273. The maximum absolute atomic E-state index is 13.0. The molecular formula is C22H24N2O2. The molecule has 0 radical (unpaired) electrons. The fourth-order valence-electron chi connectivity index (χ4n) is 3.32. The lowest BCUT2D eigenvalue weighted by atomic mass is 9.93. The third kappa shape index (κ3) is 3.85. The van der Waals surface area contributed by atoms with Crippen LogP contribution in [0.4, 0.5) is 5.69 Å². The van der Waals surface area contributed by atoms with Crippen molar-refractivity contribution in [1.29, 1.82) is 0 Å². The lowest BCUT2D eigenvalue weighted by Crippen LogP contribution is -2.34. The molecule has 4 nitrogen and oxygen atoms in total.